The molecule has 270 valence electrons. The van der Waals surface area contributed by atoms with E-state index in [1.165, 1.54) is 12.1 Å². The molecule has 3 aliphatic heterocycles. The maximum Gasteiger partial charge on any atom is 0.293 e. The highest BCUT2D eigenvalue weighted by Crippen LogP contribution is 2.32. The van der Waals surface area contributed by atoms with E-state index >= 15 is 0 Å². The number of primary sulfonamides is 1. The van der Waals surface area contributed by atoms with Crippen molar-refractivity contribution in [1.82, 2.24) is 20.0 Å². The molecule has 2 aromatic carbocycles. The summed E-state index contributed by atoms with van der Waals surface area (Å²) >= 11 is 0. The zero-order chi connectivity index (χ0) is 35.8. The smallest absolute Gasteiger partial charge is 0.293 e. The number of hydrogen-bond acceptors (Lipinski definition) is 14. The van der Waals surface area contributed by atoms with Crippen molar-refractivity contribution < 1.29 is 42.0 Å². The summed E-state index contributed by atoms with van der Waals surface area (Å²) in [5, 5.41) is 24.8. The Hall–Kier alpha value is -4.53. The number of nitrogens with one attached hydrogen (secondary N) is 3. The normalized spacial score (nSPS) is 18.7. The Morgan fingerprint density at radius 2 is 1.56 bits per heavy atom. The number of nitro groups is 1. The summed E-state index contributed by atoms with van der Waals surface area (Å²) in [6.45, 7) is 7.23. The number of rotatable bonds is 17. The Morgan fingerprint density at radius 3 is 2.24 bits per heavy atom. The van der Waals surface area contributed by atoms with E-state index < -0.39 is 44.6 Å². The van der Waals surface area contributed by atoms with Gasteiger partial charge in [0, 0.05) is 70.5 Å². The summed E-state index contributed by atoms with van der Waals surface area (Å²) in [5.74, 6) is -2.21. The van der Waals surface area contributed by atoms with Gasteiger partial charge in [0.05, 0.1) is 47.4 Å². The average Bonchev–Trinajstić information content (AvgIpc) is 3.33. The first-order chi connectivity index (χ1) is 23.9. The SMILES string of the molecule is NS(=O)(=O)c1ccc(NCCN2CCN(CCOCCOCCNc3cccc4c3C(=O)N(C3CCC(=O)NC3=O)C4=O)CC2)c([N+](=O)[O-])c1. The molecule has 2 aromatic rings. The molecule has 0 aromatic heterocycles. The van der Waals surface area contributed by atoms with Crippen molar-refractivity contribution >= 4 is 50.7 Å². The maximum absolute atomic E-state index is 13.2. The first kappa shape index (κ1) is 36.7. The lowest BCUT2D eigenvalue weighted by atomic mass is 10.0. The molecule has 0 bridgehead atoms. The number of carbonyl (C=O) groups excluding carboxylic acids is 4. The Morgan fingerprint density at radius 1 is 0.880 bits per heavy atom. The third kappa shape index (κ3) is 8.97. The van der Waals surface area contributed by atoms with E-state index in [9.17, 15) is 37.7 Å². The van der Waals surface area contributed by atoms with Crippen LogP contribution in [0.5, 0.6) is 0 Å². The molecular weight excluding hydrogens is 676 g/mol. The number of piperidine rings is 1. The minimum absolute atomic E-state index is 0.0542. The summed E-state index contributed by atoms with van der Waals surface area (Å²) in [6.07, 6.45) is 0.146. The molecule has 2 fully saturated rings. The molecule has 1 unspecified atom stereocenters. The Bertz CT molecular complexity index is 1730. The Balaban J connectivity index is 0.926. The van der Waals surface area contributed by atoms with Gasteiger partial charge >= 0.3 is 0 Å². The predicted octanol–water partition coefficient (Wildman–Crippen LogP) is -0.182. The first-order valence-electron chi connectivity index (χ1n) is 16.2. The predicted molar refractivity (Wildman–Crippen MR) is 179 cm³/mol. The number of sulfonamides is 1. The van der Waals surface area contributed by atoms with Gasteiger partial charge in [0.25, 0.3) is 17.5 Å². The van der Waals surface area contributed by atoms with Crippen molar-refractivity contribution in [2.75, 3.05) is 89.4 Å². The largest absolute Gasteiger partial charge is 0.382 e. The van der Waals surface area contributed by atoms with Gasteiger partial charge in [-0.05, 0) is 30.7 Å². The number of anilines is 2. The number of benzene rings is 2. The highest BCUT2D eigenvalue weighted by molar-refractivity contribution is 7.89. The van der Waals surface area contributed by atoms with E-state index in [4.69, 9.17) is 14.6 Å². The Labute approximate surface area is 288 Å². The fourth-order valence-corrected chi connectivity index (χ4v) is 6.54. The molecule has 0 aliphatic carbocycles. The van der Waals surface area contributed by atoms with Crippen molar-refractivity contribution in [3.05, 3.63) is 57.6 Å². The molecule has 0 saturated carbocycles. The molecule has 0 spiro atoms. The topological polar surface area (TPSA) is 236 Å². The van der Waals surface area contributed by atoms with Crippen molar-refractivity contribution in [3.8, 4) is 0 Å². The van der Waals surface area contributed by atoms with E-state index in [1.807, 2.05) is 0 Å². The molecule has 3 heterocycles. The summed E-state index contributed by atoms with van der Waals surface area (Å²) in [5.41, 5.74) is 0.749. The quantitative estimate of drug-likeness (QED) is 0.0720. The maximum atomic E-state index is 13.2. The van der Waals surface area contributed by atoms with Crippen molar-refractivity contribution in [3.63, 3.8) is 0 Å². The van der Waals surface area contributed by atoms with Crippen LogP contribution in [-0.2, 0) is 29.1 Å². The highest BCUT2D eigenvalue weighted by Gasteiger charge is 2.45. The second-order valence-electron chi connectivity index (χ2n) is 11.9. The zero-order valence-electron chi connectivity index (χ0n) is 27.3. The molecule has 50 heavy (non-hydrogen) atoms. The van der Waals surface area contributed by atoms with Crippen molar-refractivity contribution in [1.29, 1.82) is 0 Å². The summed E-state index contributed by atoms with van der Waals surface area (Å²) in [6, 6.07) is 7.40. The van der Waals surface area contributed by atoms with E-state index in [0.717, 1.165) is 43.7 Å². The third-order valence-electron chi connectivity index (χ3n) is 8.66. The van der Waals surface area contributed by atoms with Crippen molar-refractivity contribution in [2.24, 2.45) is 5.14 Å². The number of nitrogens with two attached hydrogens (primary N) is 1. The standard InChI is InChI=1S/C31H40N8O10S/c32-50(46,47)21-4-5-23(26(20-21)39(44)45)33-8-10-36-11-13-37(14-12-36)15-17-49-19-18-48-16-9-34-24-3-1-2-22-28(24)31(43)38(30(22)42)25-6-7-27(40)35-29(25)41/h1-5,20,25,33-34H,6-19H2,(H2,32,46,47)(H,35,40,41). The molecule has 5 rings (SSSR count). The lowest BCUT2D eigenvalue weighted by Crippen LogP contribution is -2.54. The molecule has 5 N–H and O–H groups in total. The molecule has 2 saturated heterocycles. The number of amides is 4. The van der Waals surface area contributed by atoms with Gasteiger partial charge in [0.15, 0.2) is 0 Å². The number of fused-ring (bicyclic) bond motifs is 1. The summed E-state index contributed by atoms with van der Waals surface area (Å²) < 4.78 is 34.4. The number of imide groups is 2. The van der Waals surface area contributed by atoms with Gasteiger partial charge < -0.3 is 20.1 Å². The van der Waals surface area contributed by atoms with Gasteiger partial charge in [-0.1, -0.05) is 6.07 Å². The monoisotopic (exact) mass is 716 g/mol. The number of nitrogens with zero attached hydrogens (tertiary/aromatic N) is 4. The fourth-order valence-electron chi connectivity index (χ4n) is 6.01. The molecule has 3 aliphatic rings. The van der Waals surface area contributed by atoms with Crippen molar-refractivity contribution in [2.45, 2.75) is 23.8 Å². The fraction of sp³-hybridized carbons (Fsp3) is 0.484. The number of nitro benzene ring substituents is 1. The van der Waals surface area contributed by atoms with Gasteiger partial charge in [-0.3, -0.25) is 49.3 Å². The lowest BCUT2D eigenvalue weighted by molar-refractivity contribution is -0.384. The molecule has 4 amide bonds. The Kier molecular flexibility index (Phi) is 12.1. The lowest BCUT2D eigenvalue weighted by Gasteiger charge is -2.34. The van der Waals surface area contributed by atoms with Gasteiger partial charge in [0.2, 0.25) is 21.8 Å². The molecule has 1 atom stereocenters. The van der Waals surface area contributed by atoms with Crippen LogP contribution in [0.2, 0.25) is 0 Å². The number of carbonyl (C=O) groups is 4. The van der Waals surface area contributed by atoms with Crippen LogP contribution in [-0.4, -0.2) is 136 Å². The van der Waals surface area contributed by atoms with Crippen LogP contribution in [0.3, 0.4) is 0 Å². The minimum Gasteiger partial charge on any atom is -0.382 e. The van der Waals surface area contributed by atoms with E-state index in [-0.39, 0.29) is 40.2 Å². The van der Waals surface area contributed by atoms with E-state index in [0.29, 0.717) is 51.7 Å². The summed E-state index contributed by atoms with van der Waals surface area (Å²) in [7, 11) is -4.05. The average molecular weight is 717 g/mol. The van der Waals surface area contributed by atoms with Crippen LogP contribution in [0, 0.1) is 10.1 Å². The van der Waals surface area contributed by atoms with Gasteiger partial charge in [-0.25, -0.2) is 13.6 Å². The van der Waals surface area contributed by atoms with Gasteiger partial charge in [-0.15, -0.1) is 0 Å². The summed E-state index contributed by atoms with van der Waals surface area (Å²) in [4.78, 5) is 65.9. The molecule has 19 heteroatoms. The van der Waals surface area contributed by atoms with Crippen LogP contribution in [0.4, 0.5) is 17.1 Å². The van der Waals surface area contributed by atoms with Crippen LogP contribution in [0.15, 0.2) is 41.3 Å². The van der Waals surface area contributed by atoms with Crippen LogP contribution >= 0.6 is 0 Å². The van der Waals surface area contributed by atoms with E-state index in [1.54, 1.807) is 18.2 Å². The number of piperazine rings is 1. The van der Waals surface area contributed by atoms with Gasteiger partial charge in [-0.2, -0.15) is 0 Å². The van der Waals surface area contributed by atoms with E-state index in [2.05, 4.69) is 25.8 Å². The number of hydrogen-bond donors (Lipinski definition) is 4. The molecule has 0 radical (unpaired) electrons. The number of ether oxygens (including phenoxy) is 2. The third-order valence-corrected chi connectivity index (χ3v) is 9.57. The molecular formula is C31H40N8O10S. The van der Waals surface area contributed by atoms with Crippen LogP contribution < -0.4 is 21.1 Å². The molecule has 18 nitrogen and oxygen atoms in total. The van der Waals surface area contributed by atoms with Crippen LogP contribution in [0.1, 0.15) is 33.6 Å². The highest BCUT2D eigenvalue weighted by atomic mass is 32.2. The minimum atomic E-state index is -4.05. The zero-order valence-corrected chi connectivity index (χ0v) is 28.1. The van der Waals surface area contributed by atoms with Gasteiger partial charge in [0.1, 0.15) is 11.7 Å². The second-order valence-corrected chi connectivity index (χ2v) is 13.5. The second kappa shape index (κ2) is 16.5. The van der Waals surface area contributed by atoms with Crippen LogP contribution in [0.25, 0.3) is 0 Å². The first-order valence-corrected chi connectivity index (χ1v) is 17.7.